The highest BCUT2D eigenvalue weighted by atomic mass is 35.5. The summed E-state index contributed by atoms with van der Waals surface area (Å²) in [6, 6.07) is 3.45. The quantitative estimate of drug-likeness (QED) is 0.693. The summed E-state index contributed by atoms with van der Waals surface area (Å²) in [5, 5.41) is 12.1. The number of hydrogen-bond acceptors (Lipinski definition) is 3. The van der Waals surface area contributed by atoms with Gasteiger partial charge in [-0.2, -0.15) is 5.10 Å². The molecule has 4 nitrogen and oxygen atoms in total. The Morgan fingerprint density at radius 2 is 2.15 bits per heavy atom. The first kappa shape index (κ1) is 8.19. The van der Waals surface area contributed by atoms with Crippen molar-refractivity contribution in [2.75, 3.05) is 0 Å². The number of aromatic nitrogens is 4. The molecule has 0 N–H and O–H groups in total. The third kappa shape index (κ3) is 1.67. The van der Waals surface area contributed by atoms with Crippen LogP contribution in [0.4, 0.5) is 0 Å². The third-order valence-electron chi connectivity index (χ3n) is 1.56. The van der Waals surface area contributed by atoms with Crippen LogP contribution >= 0.6 is 11.6 Å². The van der Waals surface area contributed by atoms with Crippen molar-refractivity contribution in [1.29, 1.82) is 0 Å². The molecule has 0 saturated carbocycles. The summed E-state index contributed by atoms with van der Waals surface area (Å²) in [5.74, 6) is 0.664. The summed E-state index contributed by atoms with van der Waals surface area (Å²) in [6.45, 7) is 1.97. The Kier molecular flexibility index (Phi) is 1.98. The summed E-state index contributed by atoms with van der Waals surface area (Å²) in [5.41, 5.74) is 1.08. The van der Waals surface area contributed by atoms with Crippen molar-refractivity contribution in [2.24, 2.45) is 0 Å². The number of hydrogen-bond donors (Lipinski definition) is 0. The SMILES string of the molecule is Cc1cnn(-c2ccc(Cl)nn2)c1. The predicted molar refractivity (Wildman–Crippen MR) is 48.9 cm³/mol. The third-order valence-corrected chi connectivity index (χ3v) is 1.77. The van der Waals surface area contributed by atoms with Crippen LogP contribution < -0.4 is 0 Å². The highest BCUT2D eigenvalue weighted by Gasteiger charge is 1.99. The highest BCUT2D eigenvalue weighted by Crippen LogP contribution is 2.06. The fourth-order valence-electron chi connectivity index (χ4n) is 0.969. The number of rotatable bonds is 1. The van der Waals surface area contributed by atoms with Crippen LogP contribution in [-0.4, -0.2) is 20.0 Å². The Labute approximate surface area is 80.2 Å². The maximum Gasteiger partial charge on any atom is 0.175 e. The lowest BCUT2D eigenvalue weighted by atomic mass is 10.4. The molecule has 0 aromatic carbocycles. The van der Waals surface area contributed by atoms with Crippen LogP contribution in [-0.2, 0) is 0 Å². The van der Waals surface area contributed by atoms with E-state index in [0.29, 0.717) is 11.0 Å². The minimum Gasteiger partial charge on any atom is -0.221 e. The van der Waals surface area contributed by atoms with Gasteiger partial charge in [-0.05, 0) is 24.6 Å². The molecule has 0 aliphatic carbocycles. The van der Waals surface area contributed by atoms with E-state index in [2.05, 4.69) is 15.3 Å². The Bertz CT molecular complexity index is 406. The van der Waals surface area contributed by atoms with Crippen LogP contribution in [0.3, 0.4) is 0 Å². The molecule has 0 spiro atoms. The van der Waals surface area contributed by atoms with Gasteiger partial charge in [0.2, 0.25) is 0 Å². The molecular weight excluding hydrogens is 188 g/mol. The van der Waals surface area contributed by atoms with Crippen LogP contribution in [0.5, 0.6) is 0 Å². The normalized spacial score (nSPS) is 10.3. The highest BCUT2D eigenvalue weighted by molar-refractivity contribution is 6.29. The summed E-state index contributed by atoms with van der Waals surface area (Å²) in [7, 11) is 0. The lowest BCUT2D eigenvalue weighted by Gasteiger charge is -1.97. The molecule has 0 atom stereocenters. The zero-order chi connectivity index (χ0) is 9.26. The molecule has 0 amide bonds. The van der Waals surface area contributed by atoms with Crippen LogP contribution in [0.25, 0.3) is 5.82 Å². The molecule has 0 aliphatic heterocycles. The average molecular weight is 195 g/mol. The van der Waals surface area contributed by atoms with Crippen LogP contribution in [0.2, 0.25) is 5.15 Å². The molecule has 0 unspecified atom stereocenters. The first-order valence-corrected chi connectivity index (χ1v) is 4.14. The van der Waals surface area contributed by atoms with Gasteiger partial charge in [0.15, 0.2) is 11.0 Å². The van der Waals surface area contributed by atoms with Crippen LogP contribution in [0.15, 0.2) is 24.5 Å². The van der Waals surface area contributed by atoms with E-state index >= 15 is 0 Å². The Morgan fingerprint density at radius 1 is 1.31 bits per heavy atom. The zero-order valence-electron chi connectivity index (χ0n) is 6.98. The van der Waals surface area contributed by atoms with Crippen LogP contribution in [0.1, 0.15) is 5.56 Å². The maximum atomic E-state index is 5.60. The van der Waals surface area contributed by atoms with Gasteiger partial charge in [0, 0.05) is 6.20 Å². The van der Waals surface area contributed by atoms with Gasteiger partial charge < -0.3 is 0 Å². The molecule has 0 aliphatic rings. The van der Waals surface area contributed by atoms with Crippen LogP contribution in [0, 0.1) is 6.92 Å². The van der Waals surface area contributed by atoms with Crippen molar-refractivity contribution >= 4 is 11.6 Å². The Morgan fingerprint density at radius 3 is 2.69 bits per heavy atom. The van der Waals surface area contributed by atoms with E-state index in [9.17, 15) is 0 Å². The summed E-state index contributed by atoms with van der Waals surface area (Å²) < 4.78 is 1.65. The van der Waals surface area contributed by atoms with Gasteiger partial charge in [-0.25, -0.2) is 4.68 Å². The number of nitrogens with zero attached hydrogens (tertiary/aromatic N) is 4. The maximum absolute atomic E-state index is 5.60. The second kappa shape index (κ2) is 3.14. The average Bonchev–Trinajstić information content (AvgIpc) is 2.53. The van der Waals surface area contributed by atoms with Gasteiger partial charge in [0.25, 0.3) is 0 Å². The minimum absolute atomic E-state index is 0.382. The van der Waals surface area contributed by atoms with E-state index in [1.165, 1.54) is 0 Å². The van der Waals surface area contributed by atoms with Crippen molar-refractivity contribution in [3.8, 4) is 5.82 Å². The van der Waals surface area contributed by atoms with E-state index in [4.69, 9.17) is 11.6 Å². The fraction of sp³-hybridized carbons (Fsp3) is 0.125. The first-order valence-electron chi connectivity index (χ1n) is 3.76. The molecule has 66 valence electrons. The van der Waals surface area contributed by atoms with E-state index in [-0.39, 0.29) is 0 Å². The monoisotopic (exact) mass is 194 g/mol. The molecule has 2 aromatic rings. The Hall–Kier alpha value is -1.42. The second-order valence-electron chi connectivity index (χ2n) is 2.68. The lowest BCUT2D eigenvalue weighted by molar-refractivity contribution is 0.814. The summed E-state index contributed by atoms with van der Waals surface area (Å²) in [6.07, 6.45) is 3.63. The minimum atomic E-state index is 0.382. The molecule has 0 bridgehead atoms. The molecule has 0 radical (unpaired) electrons. The molecule has 0 saturated heterocycles. The molecule has 2 rings (SSSR count). The van der Waals surface area contributed by atoms with Gasteiger partial charge in [-0.15, -0.1) is 10.2 Å². The van der Waals surface area contributed by atoms with Gasteiger partial charge >= 0.3 is 0 Å². The molecule has 13 heavy (non-hydrogen) atoms. The smallest absolute Gasteiger partial charge is 0.175 e. The summed E-state index contributed by atoms with van der Waals surface area (Å²) in [4.78, 5) is 0. The zero-order valence-corrected chi connectivity index (χ0v) is 7.73. The van der Waals surface area contributed by atoms with Crippen molar-refractivity contribution in [1.82, 2.24) is 20.0 Å². The van der Waals surface area contributed by atoms with Crippen molar-refractivity contribution in [2.45, 2.75) is 6.92 Å². The second-order valence-corrected chi connectivity index (χ2v) is 3.06. The molecular formula is C8H7ClN4. The largest absolute Gasteiger partial charge is 0.221 e. The van der Waals surface area contributed by atoms with Gasteiger partial charge in [-0.3, -0.25) is 0 Å². The number of halogens is 1. The van der Waals surface area contributed by atoms with Crippen molar-refractivity contribution in [3.05, 3.63) is 35.2 Å². The van der Waals surface area contributed by atoms with E-state index in [1.807, 2.05) is 13.1 Å². The molecule has 2 aromatic heterocycles. The number of aryl methyl sites for hydroxylation is 1. The summed E-state index contributed by atoms with van der Waals surface area (Å²) >= 11 is 5.60. The van der Waals surface area contributed by atoms with E-state index in [1.54, 1.807) is 23.0 Å². The topological polar surface area (TPSA) is 43.6 Å². The van der Waals surface area contributed by atoms with E-state index in [0.717, 1.165) is 5.56 Å². The van der Waals surface area contributed by atoms with E-state index < -0.39 is 0 Å². The van der Waals surface area contributed by atoms with Crippen molar-refractivity contribution < 1.29 is 0 Å². The van der Waals surface area contributed by atoms with Gasteiger partial charge in [0.1, 0.15) is 0 Å². The predicted octanol–water partition coefficient (Wildman–Crippen LogP) is 1.62. The Balaban J connectivity index is 2.41. The van der Waals surface area contributed by atoms with Gasteiger partial charge in [0.05, 0.1) is 6.20 Å². The molecule has 2 heterocycles. The first-order chi connectivity index (χ1) is 6.25. The van der Waals surface area contributed by atoms with Gasteiger partial charge in [-0.1, -0.05) is 11.6 Å². The fourth-order valence-corrected chi connectivity index (χ4v) is 1.07. The molecule has 5 heteroatoms. The standard InChI is InChI=1S/C8H7ClN4/c1-6-4-10-13(5-6)8-3-2-7(9)11-12-8/h2-5H,1H3. The van der Waals surface area contributed by atoms with Crippen molar-refractivity contribution in [3.63, 3.8) is 0 Å². The molecule has 0 fully saturated rings. The lowest BCUT2D eigenvalue weighted by Crippen LogP contribution is -1.98.